The Balaban J connectivity index is 2.55. The lowest BCUT2D eigenvalue weighted by atomic mass is 10.1. The lowest BCUT2D eigenvalue weighted by Gasteiger charge is -2.19. The van der Waals surface area contributed by atoms with Crippen LogP contribution in [0.15, 0.2) is 34.8 Å². The third kappa shape index (κ3) is 4.28. The Labute approximate surface area is 165 Å². The van der Waals surface area contributed by atoms with Crippen LogP contribution in [0.2, 0.25) is 0 Å². The first-order valence-electron chi connectivity index (χ1n) is 7.79. The van der Waals surface area contributed by atoms with Gasteiger partial charge in [-0.2, -0.15) is 0 Å². The van der Waals surface area contributed by atoms with Gasteiger partial charge in [0.05, 0.1) is 38.6 Å². The Bertz CT molecular complexity index is 866. The summed E-state index contributed by atoms with van der Waals surface area (Å²) in [6, 6.07) is 6.52. The number of carbonyl (C=O) groups excluding carboxylic acids is 1. The molecule has 0 spiro atoms. The van der Waals surface area contributed by atoms with Crippen LogP contribution in [0.5, 0.6) is 28.7 Å². The van der Waals surface area contributed by atoms with Gasteiger partial charge in [0, 0.05) is 23.4 Å². The minimum absolute atomic E-state index is 0.0306. The van der Waals surface area contributed by atoms with Gasteiger partial charge in [0.2, 0.25) is 5.75 Å². The summed E-state index contributed by atoms with van der Waals surface area (Å²) in [7, 11) is 5.98. The molecule has 2 rings (SSSR count). The maximum absolute atomic E-state index is 11.2. The first-order valence-corrected chi connectivity index (χ1v) is 8.58. The van der Waals surface area contributed by atoms with E-state index in [9.17, 15) is 9.90 Å². The predicted molar refractivity (Wildman–Crippen MR) is 106 cm³/mol. The van der Waals surface area contributed by atoms with Gasteiger partial charge in [0.15, 0.2) is 23.0 Å². The average Bonchev–Trinajstić information content (AvgIpc) is 2.67. The van der Waals surface area contributed by atoms with E-state index in [2.05, 4.69) is 21.2 Å². The lowest BCUT2D eigenvalue weighted by Crippen LogP contribution is -2.04. The molecular weight excluding hydrogens is 418 g/mol. The maximum Gasteiger partial charge on any atom is 0.204 e. The minimum atomic E-state index is -0.0306. The van der Waals surface area contributed by atoms with E-state index < -0.39 is 0 Å². The number of ether oxygens (including phenoxy) is 4. The van der Waals surface area contributed by atoms with Crippen LogP contribution in [0.3, 0.4) is 0 Å². The third-order valence-electron chi connectivity index (χ3n) is 3.75. The molecule has 0 heterocycles. The number of hydrogen-bond donors (Lipinski definition) is 2. The first-order chi connectivity index (χ1) is 13.0. The van der Waals surface area contributed by atoms with Gasteiger partial charge in [-0.1, -0.05) is 0 Å². The van der Waals surface area contributed by atoms with Crippen molar-refractivity contribution in [1.29, 1.82) is 0 Å². The topological polar surface area (TPSA) is 86.3 Å². The van der Waals surface area contributed by atoms with Crippen molar-refractivity contribution < 1.29 is 28.8 Å². The Morgan fingerprint density at radius 3 is 2.19 bits per heavy atom. The van der Waals surface area contributed by atoms with Crippen molar-refractivity contribution in [3.8, 4) is 28.7 Å². The highest BCUT2D eigenvalue weighted by Crippen LogP contribution is 2.46. The number of benzene rings is 2. The van der Waals surface area contributed by atoms with E-state index in [0.717, 1.165) is 0 Å². The Morgan fingerprint density at radius 1 is 1.00 bits per heavy atom. The number of halogens is 1. The number of phenols is 1. The Kier molecular flexibility index (Phi) is 6.95. The van der Waals surface area contributed by atoms with Crippen LogP contribution in [-0.4, -0.2) is 39.8 Å². The highest BCUT2D eigenvalue weighted by Gasteiger charge is 2.21. The van der Waals surface area contributed by atoms with Crippen LogP contribution in [-0.2, 0) is 4.79 Å². The molecule has 0 aromatic heterocycles. The predicted octanol–water partition coefficient (Wildman–Crippen LogP) is 3.84. The lowest BCUT2D eigenvalue weighted by molar-refractivity contribution is -0.104. The number of phenolic OH excluding ortho intramolecular Hbond substituents is 1. The standard InChI is InChI=1S/C19H20BrNO6/c1-24-15-6-5-11(9-14(15)23)21-13(7-8-22)12-10-16(25-2)18(26-3)19(27-4)17(12)20/h5-10,21,23H,1-4H3/b13-7-. The first kappa shape index (κ1) is 20.4. The zero-order valence-corrected chi connectivity index (χ0v) is 16.9. The third-order valence-corrected chi connectivity index (χ3v) is 4.54. The zero-order valence-electron chi connectivity index (χ0n) is 15.3. The van der Waals surface area contributed by atoms with E-state index in [0.29, 0.717) is 50.7 Å². The van der Waals surface area contributed by atoms with Crippen molar-refractivity contribution >= 4 is 33.6 Å². The number of methoxy groups -OCH3 is 4. The summed E-state index contributed by atoms with van der Waals surface area (Å²) in [4.78, 5) is 11.2. The second-order valence-corrected chi connectivity index (χ2v) is 6.03. The molecule has 0 aliphatic carbocycles. The minimum Gasteiger partial charge on any atom is -0.504 e. The molecule has 7 nitrogen and oxygen atoms in total. The van der Waals surface area contributed by atoms with Crippen molar-refractivity contribution in [1.82, 2.24) is 0 Å². The molecule has 0 saturated heterocycles. The van der Waals surface area contributed by atoms with Crippen LogP contribution >= 0.6 is 15.9 Å². The maximum atomic E-state index is 11.2. The Hall–Kier alpha value is -2.87. The van der Waals surface area contributed by atoms with Crippen LogP contribution < -0.4 is 24.3 Å². The molecule has 0 radical (unpaired) electrons. The van der Waals surface area contributed by atoms with E-state index in [1.807, 2.05) is 0 Å². The number of anilines is 1. The van der Waals surface area contributed by atoms with Gasteiger partial charge >= 0.3 is 0 Å². The molecule has 144 valence electrons. The van der Waals surface area contributed by atoms with Crippen molar-refractivity contribution in [2.75, 3.05) is 33.8 Å². The van der Waals surface area contributed by atoms with Crippen LogP contribution in [0, 0.1) is 0 Å². The second kappa shape index (κ2) is 9.18. The van der Waals surface area contributed by atoms with Gasteiger partial charge in [-0.25, -0.2) is 0 Å². The second-order valence-electron chi connectivity index (χ2n) is 5.23. The fourth-order valence-electron chi connectivity index (χ4n) is 2.51. The molecule has 0 aliphatic rings. The molecule has 0 aliphatic heterocycles. The van der Waals surface area contributed by atoms with Crippen molar-refractivity contribution in [3.05, 3.63) is 40.4 Å². The van der Waals surface area contributed by atoms with E-state index >= 15 is 0 Å². The van der Waals surface area contributed by atoms with E-state index in [-0.39, 0.29) is 5.75 Å². The van der Waals surface area contributed by atoms with E-state index in [4.69, 9.17) is 18.9 Å². The van der Waals surface area contributed by atoms with Crippen LogP contribution in [0.1, 0.15) is 5.56 Å². The number of allylic oxidation sites excluding steroid dienone is 1. The number of rotatable bonds is 8. The van der Waals surface area contributed by atoms with Gasteiger partial charge in [0.1, 0.15) is 6.29 Å². The normalized spacial score (nSPS) is 10.9. The van der Waals surface area contributed by atoms with Gasteiger partial charge in [-0.3, -0.25) is 4.79 Å². The summed E-state index contributed by atoms with van der Waals surface area (Å²) in [5.41, 5.74) is 1.62. The summed E-state index contributed by atoms with van der Waals surface area (Å²) in [6.45, 7) is 0. The summed E-state index contributed by atoms with van der Waals surface area (Å²) in [5, 5.41) is 13.1. The highest BCUT2D eigenvalue weighted by molar-refractivity contribution is 9.10. The summed E-state index contributed by atoms with van der Waals surface area (Å²) in [6.07, 6.45) is 2.01. The molecule has 8 heteroatoms. The fourth-order valence-corrected chi connectivity index (χ4v) is 3.18. The van der Waals surface area contributed by atoms with E-state index in [1.165, 1.54) is 40.6 Å². The molecule has 0 bridgehead atoms. The molecule has 0 fully saturated rings. The molecule has 27 heavy (non-hydrogen) atoms. The molecular formula is C19H20BrNO6. The number of carbonyl (C=O) groups is 1. The number of nitrogens with one attached hydrogen (secondary N) is 1. The highest BCUT2D eigenvalue weighted by atomic mass is 79.9. The largest absolute Gasteiger partial charge is 0.504 e. The molecule has 2 aromatic carbocycles. The molecule has 2 N–H and O–H groups in total. The monoisotopic (exact) mass is 437 g/mol. The molecule has 0 atom stereocenters. The number of aromatic hydroxyl groups is 1. The van der Waals surface area contributed by atoms with Gasteiger partial charge in [0.25, 0.3) is 0 Å². The smallest absolute Gasteiger partial charge is 0.204 e. The average molecular weight is 438 g/mol. The van der Waals surface area contributed by atoms with Gasteiger partial charge < -0.3 is 29.4 Å². The number of aldehydes is 1. The van der Waals surface area contributed by atoms with E-state index in [1.54, 1.807) is 18.2 Å². The van der Waals surface area contributed by atoms with Gasteiger partial charge in [-0.05, 0) is 34.1 Å². The molecule has 2 aromatic rings. The molecule has 0 unspecified atom stereocenters. The van der Waals surface area contributed by atoms with Gasteiger partial charge in [-0.15, -0.1) is 0 Å². The van der Waals surface area contributed by atoms with Crippen molar-refractivity contribution in [3.63, 3.8) is 0 Å². The SMILES string of the molecule is COc1ccc(N/C(=C\C=O)c2cc(OC)c(OC)c(OC)c2Br)cc1O. The molecule has 0 amide bonds. The summed E-state index contributed by atoms with van der Waals surface area (Å²) < 4.78 is 21.8. The fraction of sp³-hybridized carbons (Fsp3) is 0.211. The Morgan fingerprint density at radius 2 is 1.67 bits per heavy atom. The van der Waals surface area contributed by atoms with Crippen molar-refractivity contribution in [2.24, 2.45) is 0 Å². The summed E-state index contributed by atoms with van der Waals surface area (Å²) >= 11 is 3.49. The number of hydrogen-bond acceptors (Lipinski definition) is 7. The quantitative estimate of drug-likeness (QED) is 0.479. The van der Waals surface area contributed by atoms with Crippen molar-refractivity contribution in [2.45, 2.75) is 0 Å². The zero-order chi connectivity index (χ0) is 20.0. The molecule has 0 saturated carbocycles. The van der Waals surface area contributed by atoms with Crippen LogP contribution in [0.4, 0.5) is 5.69 Å². The van der Waals surface area contributed by atoms with Crippen LogP contribution in [0.25, 0.3) is 5.70 Å². The summed E-state index contributed by atoms with van der Waals surface area (Å²) in [5.74, 6) is 1.59.